The van der Waals surface area contributed by atoms with Crippen LogP contribution in [0.15, 0.2) is 30.3 Å². The average Bonchev–Trinajstić information content (AvgIpc) is 2.42. The highest BCUT2D eigenvalue weighted by molar-refractivity contribution is 5.82. The zero-order chi connectivity index (χ0) is 13.7. The molecule has 1 amide bonds. The number of hydrogen-bond acceptors (Lipinski definition) is 4. The number of carbonyl (C=O) groups excluding carboxylic acids is 1. The van der Waals surface area contributed by atoms with Crippen molar-refractivity contribution in [3.8, 4) is 0 Å². The summed E-state index contributed by atoms with van der Waals surface area (Å²) >= 11 is 0. The molecule has 5 N–H and O–H groups in total. The molecule has 3 atom stereocenters. The summed E-state index contributed by atoms with van der Waals surface area (Å²) in [4.78, 5) is 11.6. The summed E-state index contributed by atoms with van der Waals surface area (Å²) in [7, 11) is 0. The fraction of sp³-hybridized carbons (Fsp3) is 0.500. The predicted molar refractivity (Wildman–Crippen MR) is 73.5 cm³/mol. The second-order valence-electron chi connectivity index (χ2n) is 4.95. The maximum Gasteiger partial charge on any atom is 0.237 e. The molecule has 0 bridgehead atoms. The number of aliphatic hydroxyl groups excluding tert-OH is 1. The van der Waals surface area contributed by atoms with E-state index in [0.29, 0.717) is 19.4 Å². The third-order valence-corrected chi connectivity index (χ3v) is 3.42. The van der Waals surface area contributed by atoms with E-state index in [1.165, 1.54) is 0 Å². The lowest BCUT2D eigenvalue weighted by Crippen LogP contribution is -2.55. The van der Waals surface area contributed by atoms with Crippen molar-refractivity contribution in [1.82, 2.24) is 10.6 Å². The standard InChI is InChI=1S/C14H21N3O2/c15-11(8-10-4-2-1-3-5-10)13(18)9-12-14(19)17-7-6-16-12/h1-5,11-13,16,18H,6-9,15H2,(H,17,19)/t11-,12?,13?/m0/s1. The van der Waals surface area contributed by atoms with E-state index in [4.69, 9.17) is 5.73 Å². The van der Waals surface area contributed by atoms with E-state index in [1.807, 2.05) is 30.3 Å². The molecule has 5 nitrogen and oxygen atoms in total. The number of nitrogens with two attached hydrogens (primary N) is 1. The van der Waals surface area contributed by atoms with Crippen LogP contribution in [-0.4, -0.2) is 42.3 Å². The fourth-order valence-electron chi connectivity index (χ4n) is 2.28. The topological polar surface area (TPSA) is 87.4 Å². The Morgan fingerprint density at radius 3 is 2.74 bits per heavy atom. The molecular formula is C14H21N3O2. The number of piperazine rings is 1. The highest BCUT2D eigenvalue weighted by Crippen LogP contribution is 2.09. The van der Waals surface area contributed by atoms with Crippen molar-refractivity contribution in [2.75, 3.05) is 13.1 Å². The molecule has 0 spiro atoms. The van der Waals surface area contributed by atoms with Crippen molar-refractivity contribution in [3.05, 3.63) is 35.9 Å². The van der Waals surface area contributed by atoms with Gasteiger partial charge in [-0.3, -0.25) is 4.79 Å². The molecule has 0 aromatic heterocycles. The zero-order valence-electron chi connectivity index (χ0n) is 10.9. The Balaban J connectivity index is 1.85. The second-order valence-corrected chi connectivity index (χ2v) is 4.95. The van der Waals surface area contributed by atoms with Crippen LogP contribution in [0.1, 0.15) is 12.0 Å². The minimum atomic E-state index is -0.693. The number of carbonyl (C=O) groups is 1. The summed E-state index contributed by atoms with van der Waals surface area (Å²) in [5, 5.41) is 16.0. The van der Waals surface area contributed by atoms with Crippen molar-refractivity contribution >= 4 is 5.91 Å². The molecule has 1 saturated heterocycles. The van der Waals surface area contributed by atoms with Gasteiger partial charge in [0.25, 0.3) is 0 Å². The van der Waals surface area contributed by atoms with Crippen molar-refractivity contribution in [2.45, 2.75) is 31.0 Å². The van der Waals surface area contributed by atoms with Crippen molar-refractivity contribution in [3.63, 3.8) is 0 Å². The fourth-order valence-corrected chi connectivity index (χ4v) is 2.28. The lowest BCUT2D eigenvalue weighted by Gasteiger charge is -2.27. The number of amides is 1. The second kappa shape index (κ2) is 6.65. The zero-order valence-corrected chi connectivity index (χ0v) is 10.9. The Labute approximate surface area is 113 Å². The lowest BCUT2D eigenvalue weighted by atomic mass is 9.96. The third kappa shape index (κ3) is 4.02. The van der Waals surface area contributed by atoms with Crippen LogP contribution in [0.2, 0.25) is 0 Å². The first-order chi connectivity index (χ1) is 9.16. The molecule has 2 rings (SSSR count). The van der Waals surface area contributed by atoms with Crippen LogP contribution in [0, 0.1) is 0 Å². The predicted octanol–water partition coefficient (Wildman–Crippen LogP) is -0.605. The van der Waals surface area contributed by atoms with E-state index < -0.39 is 6.10 Å². The molecule has 1 fully saturated rings. The van der Waals surface area contributed by atoms with Crippen LogP contribution >= 0.6 is 0 Å². The van der Waals surface area contributed by atoms with Crippen LogP contribution in [0.3, 0.4) is 0 Å². The van der Waals surface area contributed by atoms with Gasteiger partial charge in [-0.05, 0) is 18.4 Å². The van der Waals surface area contributed by atoms with Crippen LogP contribution in [0.25, 0.3) is 0 Å². The van der Waals surface area contributed by atoms with Crippen LogP contribution < -0.4 is 16.4 Å². The summed E-state index contributed by atoms with van der Waals surface area (Å²) in [5.41, 5.74) is 7.10. The van der Waals surface area contributed by atoms with Crippen molar-refractivity contribution < 1.29 is 9.90 Å². The summed E-state index contributed by atoms with van der Waals surface area (Å²) in [5.74, 6) is -0.0581. The Morgan fingerprint density at radius 2 is 2.05 bits per heavy atom. The molecule has 1 heterocycles. The molecule has 0 aliphatic carbocycles. The van der Waals surface area contributed by atoms with Gasteiger partial charge in [-0.25, -0.2) is 0 Å². The van der Waals surface area contributed by atoms with Gasteiger partial charge in [0.2, 0.25) is 5.91 Å². The first-order valence-electron chi connectivity index (χ1n) is 6.65. The van der Waals surface area contributed by atoms with Crippen molar-refractivity contribution in [1.29, 1.82) is 0 Å². The largest absolute Gasteiger partial charge is 0.391 e. The molecular weight excluding hydrogens is 242 g/mol. The molecule has 2 unspecified atom stereocenters. The highest BCUT2D eigenvalue weighted by Gasteiger charge is 2.26. The summed E-state index contributed by atoms with van der Waals surface area (Å²) in [6.45, 7) is 1.37. The smallest absolute Gasteiger partial charge is 0.237 e. The third-order valence-electron chi connectivity index (χ3n) is 3.42. The molecule has 1 aromatic rings. The molecule has 104 valence electrons. The Morgan fingerprint density at radius 1 is 1.32 bits per heavy atom. The van der Waals surface area contributed by atoms with Gasteiger partial charge in [0.05, 0.1) is 12.1 Å². The number of aliphatic hydroxyl groups is 1. The Hall–Kier alpha value is -1.43. The average molecular weight is 263 g/mol. The lowest BCUT2D eigenvalue weighted by molar-refractivity contribution is -0.125. The first-order valence-corrected chi connectivity index (χ1v) is 6.65. The van der Waals surface area contributed by atoms with Gasteiger partial charge < -0.3 is 21.5 Å². The van der Waals surface area contributed by atoms with Crippen LogP contribution in [0.5, 0.6) is 0 Å². The Kier molecular flexibility index (Phi) is 4.90. The van der Waals surface area contributed by atoms with E-state index in [-0.39, 0.29) is 18.0 Å². The number of nitrogens with one attached hydrogen (secondary N) is 2. The molecule has 0 saturated carbocycles. The van der Waals surface area contributed by atoms with Gasteiger partial charge in [-0.2, -0.15) is 0 Å². The number of hydrogen-bond donors (Lipinski definition) is 4. The van der Waals surface area contributed by atoms with Gasteiger partial charge in [-0.15, -0.1) is 0 Å². The van der Waals surface area contributed by atoms with Gasteiger partial charge in [0, 0.05) is 19.1 Å². The summed E-state index contributed by atoms with van der Waals surface area (Å²) < 4.78 is 0. The van der Waals surface area contributed by atoms with Gasteiger partial charge in [0.1, 0.15) is 0 Å². The monoisotopic (exact) mass is 263 g/mol. The minimum absolute atomic E-state index is 0.0581. The number of rotatable bonds is 5. The quantitative estimate of drug-likeness (QED) is 0.571. The van der Waals surface area contributed by atoms with E-state index in [0.717, 1.165) is 12.1 Å². The van der Waals surface area contributed by atoms with E-state index in [1.54, 1.807) is 0 Å². The molecule has 0 radical (unpaired) electrons. The van der Waals surface area contributed by atoms with Crippen LogP contribution in [0.4, 0.5) is 0 Å². The maximum atomic E-state index is 11.6. The van der Waals surface area contributed by atoms with Crippen LogP contribution in [-0.2, 0) is 11.2 Å². The van der Waals surface area contributed by atoms with Gasteiger partial charge >= 0.3 is 0 Å². The number of benzene rings is 1. The SMILES string of the molecule is N[C@@H](Cc1ccccc1)C(O)CC1NCCNC1=O. The molecule has 1 aromatic carbocycles. The normalized spacial score (nSPS) is 22.6. The van der Waals surface area contributed by atoms with E-state index in [2.05, 4.69) is 10.6 Å². The van der Waals surface area contributed by atoms with Crippen molar-refractivity contribution in [2.24, 2.45) is 5.73 Å². The Bertz CT molecular complexity index is 410. The summed E-state index contributed by atoms with van der Waals surface area (Å²) in [6, 6.07) is 9.11. The minimum Gasteiger partial charge on any atom is -0.391 e. The van der Waals surface area contributed by atoms with Gasteiger partial charge in [0.15, 0.2) is 0 Å². The highest BCUT2D eigenvalue weighted by atomic mass is 16.3. The van der Waals surface area contributed by atoms with E-state index >= 15 is 0 Å². The van der Waals surface area contributed by atoms with E-state index in [9.17, 15) is 9.90 Å². The molecule has 5 heteroatoms. The molecule has 1 aliphatic rings. The molecule has 1 aliphatic heterocycles. The van der Waals surface area contributed by atoms with Gasteiger partial charge in [-0.1, -0.05) is 30.3 Å². The summed E-state index contributed by atoms with van der Waals surface area (Å²) in [6.07, 6.45) is 0.262. The maximum absolute atomic E-state index is 11.6. The first kappa shape index (κ1) is 14.0. The molecule has 19 heavy (non-hydrogen) atoms.